The van der Waals surface area contributed by atoms with Crippen LogP contribution in [-0.4, -0.2) is 4.57 Å². The van der Waals surface area contributed by atoms with E-state index in [2.05, 4.69) is 289 Å². The maximum absolute atomic E-state index is 7.38. The van der Waals surface area contributed by atoms with Gasteiger partial charge in [-0.05, 0) is 111 Å². The Balaban J connectivity index is 0.964. The molecule has 2 aromatic heterocycles. The summed E-state index contributed by atoms with van der Waals surface area (Å²) in [6.07, 6.45) is 0. The number of fused-ring (bicyclic) bond motifs is 13. The normalized spacial score (nSPS) is 14.0. The Morgan fingerprint density at radius 3 is 1.51 bits per heavy atom. The number of hydrogen-bond donors (Lipinski definition) is 0. The van der Waals surface area contributed by atoms with Gasteiger partial charge in [0, 0.05) is 55.7 Å². The van der Waals surface area contributed by atoms with Crippen molar-refractivity contribution in [3.8, 4) is 72.8 Å². The standard InChI is InChI=1S/C71H46N2O/c1-5-20-47(21-6-1)48-36-41-54(42-37-48)72(55-43-38-49(39-44-55)52-40-45-64-60(46-52)57-29-15-18-34-63(57)73(64)53-26-11-4-12-27-53)65-35-19-31-58-56-28-13-16-32-61(56)71(67(58)65)62-33-17-14-30-59(62)70-68(71)66(50-22-7-2-8-23-50)69(74-70)51-24-9-3-10-25-51/h1-46H. The number of nitrogens with zero attached hydrogens (tertiary/aromatic N) is 2. The molecule has 0 amide bonds. The summed E-state index contributed by atoms with van der Waals surface area (Å²) in [6, 6.07) is 102. The van der Waals surface area contributed by atoms with Crippen LogP contribution in [0.15, 0.2) is 283 Å². The Bertz CT molecular complexity index is 4270. The maximum atomic E-state index is 7.38. The lowest BCUT2D eigenvalue weighted by Gasteiger charge is -2.36. The summed E-state index contributed by atoms with van der Waals surface area (Å²) < 4.78 is 9.76. The number of hydrogen-bond acceptors (Lipinski definition) is 2. The van der Waals surface area contributed by atoms with E-state index in [1.165, 1.54) is 71.9 Å². The summed E-state index contributed by atoms with van der Waals surface area (Å²) in [4.78, 5) is 2.49. The molecule has 2 aliphatic rings. The number of anilines is 3. The Morgan fingerprint density at radius 1 is 0.324 bits per heavy atom. The van der Waals surface area contributed by atoms with Gasteiger partial charge in [0.05, 0.1) is 22.1 Å². The summed E-state index contributed by atoms with van der Waals surface area (Å²) in [5, 5.41) is 2.47. The van der Waals surface area contributed by atoms with Crippen LogP contribution in [0.4, 0.5) is 17.1 Å². The molecule has 15 rings (SSSR count). The van der Waals surface area contributed by atoms with Crippen molar-refractivity contribution in [2.75, 3.05) is 4.90 Å². The first-order valence-electron chi connectivity index (χ1n) is 25.5. The minimum atomic E-state index is -0.743. The first-order valence-corrected chi connectivity index (χ1v) is 25.5. The average molecular weight is 943 g/mol. The van der Waals surface area contributed by atoms with Crippen molar-refractivity contribution in [3.63, 3.8) is 0 Å². The second-order valence-electron chi connectivity index (χ2n) is 19.5. The molecule has 1 spiro atoms. The second-order valence-corrected chi connectivity index (χ2v) is 19.5. The lowest BCUT2D eigenvalue weighted by Crippen LogP contribution is -2.28. The molecule has 1 unspecified atom stereocenters. The minimum absolute atomic E-state index is 0.743. The highest BCUT2D eigenvalue weighted by Gasteiger charge is 2.57. The fourth-order valence-corrected chi connectivity index (χ4v) is 12.5. The molecule has 0 bridgehead atoms. The molecule has 11 aromatic carbocycles. The number of rotatable bonds is 8. The molecular formula is C71H46N2O. The number of para-hydroxylation sites is 2. The van der Waals surface area contributed by atoms with Crippen molar-refractivity contribution in [3.05, 3.63) is 301 Å². The summed E-state index contributed by atoms with van der Waals surface area (Å²) in [5.41, 5.74) is 22.5. The van der Waals surface area contributed by atoms with Gasteiger partial charge >= 0.3 is 0 Å². The van der Waals surface area contributed by atoms with Crippen molar-refractivity contribution in [1.82, 2.24) is 4.57 Å². The topological polar surface area (TPSA) is 21.3 Å². The van der Waals surface area contributed by atoms with Crippen LogP contribution in [0.25, 0.3) is 94.6 Å². The van der Waals surface area contributed by atoms with Gasteiger partial charge in [-0.2, -0.15) is 0 Å². The Kier molecular flexibility index (Phi) is 9.48. The van der Waals surface area contributed by atoms with E-state index in [1.807, 2.05) is 0 Å². The van der Waals surface area contributed by atoms with Crippen LogP contribution >= 0.6 is 0 Å². The Morgan fingerprint density at radius 2 is 0.824 bits per heavy atom. The van der Waals surface area contributed by atoms with Gasteiger partial charge in [0.25, 0.3) is 0 Å². The van der Waals surface area contributed by atoms with Crippen LogP contribution in [0, 0.1) is 0 Å². The molecule has 1 atom stereocenters. The number of benzene rings is 11. The van der Waals surface area contributed by atoms with Crippen LogP contribution in [-0.2, 0) is 5.41 Å². The molecular weight excluding hydrogens is 897 g/mol. The smallest absolute Gasteiger partial charge is 0.142 e. The molecule has 346 valence electrons. The third kappa shape index (κ3) is 6.20. The first kappa shape index (κ1) is 42.0. The van der Waals surface area contributed by atoms with E-state index in [0.717, 1.165) is 62.1 Å². The van der Waals surface area contributed by atoms with Gasteiger partial charge in [0.2, 0.25) is 0 Å². The van der Waals surface area contributed by atoms with E-state index in [9.17, 15) is 0 Å². The molecule has 3 nitrogen and oxygen atoms in total. The molecule has 0 saturated heterocycles. The van der Waals surface area contributed by atoms with E-state index in [1.54, 1.807) is 0 Å². The minimum Gasteiger partial charge on any atom is -0.455 e. The maximum Gasteiger partial charge on any atom is 0.142 e. The molecule has 0 fully saturated rings. The van der Waals surface area contributed by atoms with E-state index in [-0.39, 0.29) is 0 Å². The zero-order valence-corrected chi connectivity index (χ0v) is 40.4. The van der Waals surface area contributed by atoms with Crippen molar-refractivity contribution in [2.45, 2.75) is 5.41 Å². The second kappa shape index (κ2) is 16.7. The van der Waals surface area contributed by atoms with Gasteiger partial charge in [0.1, 0.15) is 11.5 Å². The largest absolute Gasteiger partial charge is 0.455 e. The lowest BCUT2D eigenvalue weighted by molar-refractivity contribution is 0.596. The molecule has 74 heavy (non-hydrogen) atoms. The van der Waals surface area contributed by atoms with Crippen LogP contribution < -0.4 is 4.90 Å². The average Bonchev–Trinajstić information content (AvgIpc) is 4.39. The lowest BCUT2D eigenvalue weighted by atomic mass is 9.68. The third-order valence-electron chi connectivity index (χ3n) is 15.6. The SMILES string of the molecule is c1ccc(-c2ccc(N(c3ccc(-c4ccc5c(c4)c4ccccc4n5-c4ccccc4)cc3)c3cccc4c3C3(c5ccccc5-4)c4ccccc4-c4oc(-c5ccccc5)c(-c5ccccc5)c43)cc2)cc1. The van der Waals surface area contributed by atoms with Crippen LogP contribution in [0.1, 0.15) is 22.3 Å². The van der Waals surface area contributed by atoms with Gasteiger partial charge < -0.3 is 13.9 Å². The molecule has 0 radical (unpaired) electrons. The van der Waals surface area contributed by atoms with Crippen LogP contribution in [0.2, 0.25) is 0 Å². The fourth-order valence-electron chi connectivity index (χ4n) is 12.5. The summed E-state index contributed by atoms with van der Waals surface area (Å²) in [5.74, 6) is 1.80. The first-order chi connectivity index (χ1) is 36.7. The Hall–Kier alpha value is -9.70. The van der Waals surface area contributed by atoms with Gasteiger partial charge in [-0.15, -0.1) is 0 Å². The predicted molar refractivity (Wildman–Crippen MR) is 306 cm³/mol. The Labute approximate surface area is 430 Å². The van der Waals surface area contributed by atoms with Crippen molar-refractivity contribution in [1.29, 1.82) is 0 Å². The van der Waals surface area contributed by atoms with Gasteiger partial charge in [-0.3, -0.25) is 0 Å². The van der Waals surface area contributed by atoms with Crippen molar-refractivity contribution in [2.24, 2.45) is 0 Å². The molecule has 0 aliphatic heterocycles. The fraction of sp³-hybridized carbons (Fsp3) is 0.0141. The van der Waals surface area contributed by atoms with E-state index >= 15 is 0 Å². The van der Waals surface area contributed by atoms with Crippen molar-refractivity contribution < 1.29 is 4.42 Å². The summed E-state index contributed by atoms with van der Waals surface area (Å²) >= 11 is 0. The van der Waals surface area contributed by atoms with Gasteiger partial charge in [-0.1, -0.05) is 218 Å². The number of aromatic nitrogens is 1. The number of furan rings is 1. The van der Waals surface area contributed by atoms with E-state index in [4.69, 9.17) is 4.42 Å². The third-order valence-corrected chi connectivity index (χ3v) is 15.6. The summed E-state index contributed by atoms with van der Waals surface area (Å²) in [6.45, 7) is 0. The van der Waals surface area contributed by atoms with Gasteiger partial charge in [-0.25, -0.2) is 0 Å². The zero-order valence-electron chi connectivity index (χ0n) is 40.4. The highest BCUT2D eigenvalue weighted by Crippen LogP contribution is 2.68. The molecule has 3 heteroatoms. The quantitative estimate of drug-likeness (QED) is 0.151. The molecule has 0 saturated carbocycles. The molecule has 13 aromatic rings. The molecule has 2 aliphatic carbocycles. The molecule has 2 heterocycles. The summed E-state index contributed by atoms with van der Waals surface area (Å²) in [7, 11) is 0. The van der Waals surface area contributed by atoms with E-state index in [0.29, 0.717) is 0 Å². The predicted octanol–water partition coefficient (Wildman–Crippen LogP) is 18.9. The van der Waals surface area contributed by atoms with Crippen molar-refractivity contribution >= 4 is 38.9 Å². The van der Waals surface area contributed by atoms with Crippen LogP contribution in [0.3, 0.4) is 0 Å². The molecule has 0 N–H and O–H groups in total. The monoisotopic (exact) mass is 942 g/mol. The zero-order chi connectivity index (χ0) is 48.7. The van der Waals surface area contributed by atoms with Gasteiger partial charge in [0.15, 0.2) is 0 Å². The van der Waals surface area contributed by atoms with E-state index < -0.39 is 5.41 Å². The van der Waals surface area contributed by atoms with Crippen LogP contribution in [0.5, 0.6) is 0 Å². The highest BCUT2D eigenvalue weighted by molar-refractivity contribution is 6.11. The highest BCUT2D eigenvalue weighted by atomic mass is 16.3.